The molecule has 0 saturated heterocycles. The van der Waals surface area contributed by atoms with E-state index in [1.165, 1.54) is 0 Å². The molecule has 0 aliphatic heterocycles. The molecule has 0 atom stereocenters. The number of hydrogen-bond donors (Lipinski definition) is 2. The van der Waals surface area contributed by atoms with E-state index in [-0.39, 0.29) is 12.5 Å². The minimum atomic E-state index is -0.237. The summed E-state index contributed by atoms with van der Waals surface area (Å²) in [5.74, 6) is 0.822. The lowest BCUT2D eigenvalue weighted by Gasteiger charge is -2.15. The molecule has 0 radical (unpaired) electrons. The molecule has 2 N–H and O–H groups in total. The lowest BCUT2D eigenvalue weighted by atomic mass is 10.2. The van der Waals surface area contributed by atoms with Crippen molar-refractivity contribution in [2.75, 3.05) is 24.4 Å². The SMILES string of the molecule is COc1cc(CNc2ccccc2)cc(Br)c1OCC(=O)Nc1cccc(C)c1. The monoisotopic (exact) mass is 454 g/mol. The van der Waals surface area contributed by atoms with Gasteiger partial charge in [-0.3, -0.25) is 4.79 Å². The van der Waals surface area contributed by atoms with Gasteiger partial charge in [-0.2, -0.15) is 0 Å². The van der Waals surface area contributed by atoms with Gasteiger partial charge in [0.15, 0.2) is 18.1 Å². The van der Waals surface area contributed by atoms with Crippen LogP contribution in [0.5, 0.6) is 11.5 Å². The van der Waals surface area contributed by atoms with Gasteiger partial charge in [-0.15, -0.1) is 0 Å². The van der Waals surface area contributed by atoms with Gasteiger partial charge in [0, 0.05) is 17.9 Å². The maximum absolute atomic E-state index is 12.2. The third-order valence-electron chi connectivity index (χ3n) is 4.21. The first-order valence-electron chi connectivity index (χ1n) is 9.20. The maximum Gasteiger partial charge on any atom is 0.262 e. The Balaban J connectivity index is 1.63. The number of halogens is 1. The summed E-state index contributed by atoms with van der Waals surface area (Å²) in [5, 5.41) is 6.19. The molecule has 3 aromatic rings. The van der Waals surface area contributed by atoms with Gasteiger partial charge in [0.25, 0.3) is 5.91 Å². The molecule has 0 bridgehead atoms. The van der Waals surface area contributed by atoms with Gasteiger partial charge in [-0.1, -0.05) is 30.3 Å². The largest absolute Gasteiger partial charge is 0.493 e. The molecule has 6 heteroatoms. The van der Waals surface area contributed by atoms with E-state index < -0.39 is 0 Å². The summed E-state index contributed by atoms with van der Waals surface area (Å²) in [6.07, 6.45) is 0. The van der Waals surface area contributed by atoms with Gasteiger partial charge in [0.2, 0.25) is 0 Å². The Morgan fingerprint density at radius 3 is 2.48 bits per heavy atom. The summed E-state index contributed by atoms with van der Waals surface area (Å²) in [5.41, 5.74) is 3.88. The number of anilines is 2. The Bertz CT molecular complexity index is 977. The van der Waals surface area contributed by atoms with Crippen LogP contribution in [0.1, 0.15) is 11.1 Å². The number of aryl methyl sites for hydroxylation is 1. The van der Waals surface area contributed by atoms with E-state index in [1.54, 1.807) is 7.11 Å². The second kappa shape index (κ2) is 9.98. The van der Waals surface area contributed by atoms with E-state index in [0.717, 1.165) is 27.0 Å². The number of rotatable bonds is 8. The predicted octanol–water partition coefficient (Wildman–Crippen LogP) is 5.40. The highest BCUT2D eigenvalue weighted by molar-refractivity contribution is 9.10. The lowest BCUT2D eigenvalue weighted by Crippen LogP contribution is -2.20. The van der Waals surface area contributed by atoms with Gasteiger partial charge in [-0.25, -0.2) is 0 Å². The van der Waals surface area contributed by atoms with Crippen molar-refractivity contribution < 1.29 is 14.3 Å². The molecule has 0 aliphatic carbocycles. The van der Waals surface area contributed by atoms with Gasteiger partial charge in [0.05, 0.1) is 11.6 Å². The maximum atomic E-state index is 12.2. The number of para-hydroxylation sites is 1. The topological polar surface area (TPSA) is 59.6 Å². The number of methoxy groups -OCH3 is 1. The van der Waals surface area contributed by atoms with Gasteiger partial charge in [0.1, 0.15) is 0 Å². The number of hydrogen-bond acceptors (Lipinski definition) is 4. The molecular weight excluding hydrogens is 432 g/mol. The normalized spacial score (nSPS) is 10.3. The minimum Gasteiger partial charge on any atom is -0.493 e. The second-order valence-electron chi connectivity index (χ2n) is 6.53. The molecule has 0 aromatic heterocycles. The van der Waals surface area contributed by atoms with Crippen LogP contribution in [0.3, 0.4) is 0 Å². The number of amides is 1. The van der Waals surface area contributed by atoms with Crippen molar-refractivity contribution in [1.82, 2.24) is 0 Å². The van der Waals surface area contributed by atoms with Crippen LogP contribution in [0, 0.1) is 6.92 Å². The summed E-state index contributed by atoms with van der Waals surface area (Å²) < 4.78 is 11.9. The molecule has 150 valence electrons. The van der Waals surface area contributed by atoms with Crippen molar-refractivity contribution in [2.45, 2.75) is 13.5 Å². The number of carbonyl (C=O) groups excluding carboxylic acids is 1. The number of carbonyl (C=O) groups is 1. The van der Waals surface area contributed by atoms with Crippen molar-refractivity contribution >= 4 is 33.2 Å². The van der Waals surface area contributed by atoms with Crippen LogP contribution in [0.25, 0.3) is 0 Å². The Morgan fingerprint density at radius 1 is 1.00 bits per heavy atom. The van der Waals surface area contributed by atoms with Crippen LogP contribution < -0.4 is 20.1 Å². The summed E-state index contributed by atoms with van der Waals surface area (Å²) in [7, 11) is 1.58. The zero-order chi connectivity index (χ0) is 20.6. The molecule has 0 unspecified atom stereocenters. The van der Waals surface area contributed by atoms with Crippen LogP contribution >= 0.6 is 15.9 Å². The van der Waals surface area contributed by atoms with Crippen LogP contribution in [-0.4, -0.2) is 19.6 Å². The lowest BCUT2D eigenvalue weighted by molar-refractivity contribution is -0.118. The summed E-state index contributed by atoms with van der Waals surface area (Å²) in [4.78, 5) is 12.2. The van der Waals surface area contributed by atoms with E-state index in [9.17, 15) is 4.79 Å². The number of benzene rings is 3. The van der Waals surface area contributed by atoms with Crippen molar-refractivity contribution in [3.05, 3.63) is 82.3 Å². The van der Waals surface area contributed by atoms with E-state index in [0.29, 0.717) is 18.0 Å². The highest BCUT2D eigenvalue weighted by Gasteiger charge is 2.14. The third-order valence-corrected chi connectivity index (χ3v) is 4.80. The van der Waals surface area contributed by atoms with Crippen molar-refractivity contribution in [2.24, 2.45) is 0 Å². The predicted molar refractivity (Wildman–Crippen MR) is 120 cm³/mol. The van der Waals surface area contributed by atoms with Crippen molar-refractivity contribution in [3.8, 4) is 11.5 Å². The van der Waals surface area contributed by atoms with Gasteiger partial charge >= 0.3 is 0 Å². The van der Waals surface area contributed by atoms with E-state index in [1.807, 2.05) is 73.7 Å². The number of nitrogens with one attached hydrogen (secondary N) is 2. The Morgan fingerprint density at radius 2 is 1.76 bits per heavy atom. The first-order valence-corrected chi connectivity index (χ1v) is 9.99. The van der Waals surface area contributed by atoms with E-state index in [2.05, 4.69) is 26.6 Å². The van der Waals surface area contributed by atoms with Gasteiger partial charge in [-0.05, 0) is 70.4 Å². The fraction of sp³-hybridized carbons (Fsp3) is 0.174. The van der Waals surface area contributed by atoms with Gasteiger partial charge < -0.3 is 20.1 Å². The van der Waals surface area contributed by atoms with Crippen LogP contribution in [-0.2, 0) is 11.3 Å². The average molecular weight is 455 g/mol. The standard InChI is InChI=1S/C23H23BrN2O3/c1-16-7-6-10-19(11-16)26-22(27)15-29-23-20(24)12-17(13-21(23)28-2)14-25-18-8-4-3-5-9-18/h3-13,25H,14-15H2,1-2H3,(H,26,27). The highest BCUT2D eigenvalue weighted by atomic mass is 79.9. The summed E-state index contributed by atoms with van der Waals surface area (Å²) in [6, 6.07) is 21.4. The smallest absolute Gasteiger partial charge is 0.262 e. The zero-order valence-corrected chi connectivity index (χ0v) is 18.0. The number of ether oxygens (including phenoxy) is 2. The molecule has 1 amide bonds. The molecule has 0 heterocycles. The highest BCUT2D eigenvalue weighted by Crippen LogP contribution is 2.37. The minimum absolute atomic E-state index is 0.121. The summed E-state index contributed by atoms with van der Waals surface area (Å²) >= 11 is 3.53. The van der Waals surface area contributed by atoms with Crippen LogP contribution in [0.4, 0.5) is 11.4 Å². The van der Waals surface area contributed by atoms with Crippen LogP contribution in [0.15, 0.2) is 71.2 Å². The average Bonchev–Trinajstić information content (AvgIpc) is 2.72. The molecule has 0 aliphatic rings. The Hall–Kier alpha value is -2.99. The fourth-order valence-electron chi connectivity index (χ4n) is 2.83. The Labute approximate surface area is 179 Å². The molecule has 0 fully saturated rings. The van der Waals surface area contributed by atoms with Crippen molar-refractivity contribution in [3.63, 3.8) is 0 Å². The molecule has 29 heavy (non-hydrogen) atoms. The zero-order valence-electron chi connectivity index (χ0n) is 16.4. The van der Waals surface area contributed by atoms with E-state index >= 15 is 0 Å². The first kappa shape index (κ1) is 20.7. The molecule has 3 rings (SSSR count). The van der Waals surface area contributed by atoms with Crippen molar-refractivity contribution in [1.29, 1.82) is 0 Å². The molecule has 3 aromatic carbocycles. The molecule has 0 saturated carbocycles. The quantitative estimate of drug-likeness (QED) is 0.478. The molecule has 5 nitrogen and oxygen atoms in total. The first-order chi connectivity index (χ1) is 14.0. The summed E-state index contributed by atoms with van der Waals surface area (Å²) in [6.45, 7) is 2.49. The Kier molecular flexibility index (Phi) is 7.14. The third kappa shape index (κ3) is 5.99. The second-order valence-corrected chi connectivity index (χ2v) is 7.39. The van der Waals surface area contributed by atoms with Crippen LogP contribution in [0.2, 0.25) is 0 Å². The molecular formula is C23H23BrN2O3. The fourth-order valence-corrected chi connectivity index (χ4v) is 3.44. The van der Waals surface area contributed by atoms with E-state index in [4.69, 9.17) is 9.47 Å². The molecule has 0 spiro atoms.